The van der Waals surface area contributed by atoms with Gasteiger partial charge in [-0.3, -0.25) is 4.79 Å². The number of rotatable bonds is 6. The first-order valence-corrected chi connectivity index (χ1v) is 10.2. The van der Waals surface area contributed by atoms with Crippen molar-refractivity contribution in [3.8, 4) is 0 Å². The fourth-order valence-corrected chi connectivity index (χ4v) is 5.15. The first-order chi connectivity index (χ1) is 11.8. The van der Waals surface area contributed by atoms with E-state index in [1.54, 1.807) is 13.8 Å². The molecule has 1 aromatic rings. The minimum absolute atomic E-state index is 0.0227. The van der Waals surface area contributed by atoms with Gasteiger partial charge in [0.05, 0.1) is 0 Å². The molecular weight excluding hydrogens is 344 g/mol. The summed E-state index contributed by atoms with van der Waals surface area (Å²) in [5, 5.41) is 6.64. The van der Waals surface area contributed by atoms with Gasteiger partial charge in [-0.25, -0.2) is 8.42 Å². The maximum absolute atomic E-state index is 12.8. The van der Waals surface area contributed by atoms with E-state index in [2.05, 4.69) is 10.5 Å². The highest BCUT2D eigenvalue weighted by Gasteiger charge is 2.36. The highest BCUT2D eigenvalue weighted by molar-refractivity contribution is 7.89. The molecule has 1 atom stereocenters. The van der Waals surface area contributed by atoms with E-state index < -0.39 is 10.0 Å². The number of sulfonamides is 1. The van der Waals surface area contributed by atoms with Crippen molar-refractivity contribution in [3.63, 3.8) is 0 Å². The Morgan fingerprint density at radius 1 is 1.32 bits per heavy atom. The summed E-state index contributed by atoms with van der Waals surface area (Å²) in [7, 11) is -3.63. The topological polar surface area (TPSA) is 119 Å². The van der Waals surface area contributed by atoms with Crippen molar-refractivity contribution in [3.05, 3.63) is 11.5 Å². The van der Waals surface area contributed by atoms with Crippen molar-refractivity contribution in [2.45, 2.75) is 50.5 Å². The molecule has 0 radical (unpaired) electrons. The van der Waals surface area contributed by atoms with Crippen molar-refractivity contribution in [2.75, 3.05) is 19.6 Å². The van der Waals surface area contributed by atoms with Crippen LogP contribution in [0.25, 0.3) is 0 Å². The minimum Gasteiger partial charge on any atom is -0.360 e. The lowest BCUT2D eigenvalue weighted by molar-refractivity contribution is -0.126. The van der Waals surface area contributed by atoms with E-state index in [1.807, 2.05) is 0 Å². The number of hydrogen-bond donors (Lipinski definition) is 2. The second-order valence-corrected chi connectivity index (χ2v) is 8.95. The Labute approximate surface area is 148 Å². The van der Waals surface area contributed by atoms with Gasteiger partial charge in [0.2, 0.25) is 15.9 Å². The average molecular weight is 370 g/mol. The van der Waals surface area contributed by atoms with Gasteiger partial charge in [0.1, 0.15) is 10.6 Å². The Morgan fingerprint density at radius 2 is 1.96 bits per heavy atom. The molecule has 9 heteroatoms. The number of nitrogens with two attached hydrogens (primary N) is 1. The maximum Gasteiger partial charge on any atom is 0.248 e. The summed E-state index contributed by atoms with van der Waals surface area (Å²) in [6.07, 6.45) is 3.31. The Bertz CT molecular complexity index is 714. The molecule has 140 valence electrons. The standard InChI is InChI=1S/C16H26N4O4S/c1-10-15(11(2)24-19-10)25(22,23)20-7-5-13(6-8-20)16(21)18-9-14(17)12-3-4-12/h12-14H,3-9,17H2,1-2H3,(H,18,21). The third-order valence-corrected chi connectivity index (χ3v) is 7.27. The number of piperidine rings is 1. The quantitative estimate of drug-likeness (QED) is 0.755. The fraction of sp³-hybridized carbons (Fsp3) is 0.750. The van der Waals surface area contributed by atoms with E-state index in [1.165, 1.54) is 4.31 Å². The van der Waals surface area contributed by atoms with Crippen LogP contribution in [0.2, 0.25) is 0 Å². The lowest BCUT2D eigenvalue weighted by atomic mass is 9.97. The number of nitrogens with zero attached hydrogens (tertiary/aromatic N) is 2. The molecule has 3 N–H and O–H groups in total. The van der Waals surface area contributed by atoms with Crippen LogP contribution in [0.3, 0.4) is 0 Å². The molecule has 1 amide bonds. The summed E-state index contributed by atoms with van der Waals surface area (Å²) in [5.74, 6) is 0.654. The van der Waals surface area contributed by atoms with Crippen LogP contribution in [0.4, 0.5) is 0 Å². The molecule has 8 nitrogen and oxygen atoms in total. The Balaban J connectivity index is 1.55. The summed E-state index contributed by atoms with van der Waals surface area (Å²) < 4.78 is 31.9. The normalized spacial score (nSPS) is 21.2. The third-order valence-electron chi connectivity index (χ3n) is 5.13. The molecule has 3 rings (SSSR count). The number of aromatic nitrogens is 1. The van der Waals surface area contributed by atoms with Crippen molar-refractivity contribution in [1.82, 2.24) is 14.8 Å². The summed E-state index contributed by atoms with van der Waals surface area (Å²) in [5.41, 5.74) is 6.37. The lowest BCUT2D eigenvalue weighted by Gasteiger charge is -2.30. The molecule has 1 aliphatic carbocycles. The number of amides is 1. The Morgan fingerprint density at radius 3 is 2.48 bits per heavy atom. The van der Waals surface area contributed by atoms with E-state index in [0.29, 0.717) is 49.8 Å². The smallest absolute Gasteiger partial charge is 0.248 e. The fourth-order valence-electron chi connectivity index (χ4n) is 3.38. The van der Waals surface area contributed by atoms with Crippen LogP contribution in [-0.4, -0.2) is 49.5 Å². The SMILES string of the molecule is Cc1noc(C)c1S(=O)(=O)N1CCC(C(=O)NCC(N)C2CC2)CC1. The Hall–Kier alpha value is -1.45. The zero-order valence-corrected chi connectivity index (χ0v) is 15.5. The van der Waals surface area contributed by atoms with Crippen molar-refractivity contribution in [1.29, 1.82) is 0 Å². The monoisotopic (exact) mass is 370 g/mol. The molecular formula is C16H26N4O4S. The van der Waals surface area contributed by atoms with Crippen LogP contribution in [0.5, 0.6) is 0 Å². The number of carbonyl (C=O) groups is 1. The predicted octanol–water partition coefficient (Wildman–Crippen LogP) is 0.546. The van der Waals surface area contributed by atoms with Crippen LogP contribution in [-0.2, 0) is 14.8 Å². The highest BCUT2D eigenvalue weighted by Crippen LogP contribution is 2.31. The highest BCUT2D eigenvalue weighted by atomic mass is 32.2. The van der Waals surface area contributed by atoms with Crippen molar-refractivity contribution in [2.24, 2.45) is 17.6 Å². The number of hydrogen-bond acceptors (Lipinski definition) is 6. The van der Waals surface area contributed by atoms with Crippen LogP contribution in [0.1, 0.15) is 37.1 Å². The average Bonchev–Trinajstić information content (AvgIpc) is 3.37. The minimum atomic E-state index is -3.63. The lowest BCUT2D eigenvalue weighted by Crippen LogP contribution is -2.45. The van der Waals surface area contributed by atoms with Gasteiger partial charge in [-0.1, -0.05) is 5.16 Å². The van der Waals surface area contributed by atoms with Gasteiger partial charge in [0.25, 0.3) is 0 Å². The molecule has 1 aromatic heterocycles. The first-order valence-electron chi connectivity index (χ1n) is 8.77. The van der Waals surface area contributed by atoms with Gasteiger partial charge in [0.15, 0.2) is 5.76 Å². The Kier molecular flexibility index (Phi) is 5.17. The molecule has 0 bridgehead atoms. The largest absolute Gasteiger partial charge is 0.360 e. The summed E-state index contributed by atoms with van der Waals surface area (Å²) in [4.78, 5) is 12.4. The molecule has 0 aromatic carbocycles. The number of aryl methyl sites for hydroxylation is 2. The molecule has 1 aliphatic heterocycles. The number of nitrogens with one attached hydrogen (secondary N) is 1. The van der Waals surface area contributed by atoms with Gasteiger partial charge in [-0.05, 0) is 45.4 Å². The van der Waals surface area contributed by atoms with E-state index in [9.17, 15) is 13.2 Å². The summed E-state index contributed by atoms with van der Waals surface area (Å²) in [6, 6.07) is 0.0314. The van der Waals surface area contributed by atoms with E-state index >= 15 is 0 Å². The zero-order chi connectivity index (χ0) is 18.2. The molecule has 1 saturated carbocycles. The summed E-state index contributed by atoms with van der Waals surface area (Å²) >= 11 is 0. The van der Waals surface area contributed by atoms with Gasteiger partial charge in [0, 0.05) is 31.6 Å². The molecule has 25 heavy (non-hydrogen) atoms. The molecule has 0 spiro atoms. The molecule has 1 unspecified atom stereocenters. The molecule has 2 aliphatic rings. The number of carbonyl (C=O) groups excluding carboxylic acids is 1. The van der Waals surface area contributed by atoms with Crippen LogP contribution < -0.4 is 11.1 Å². The van der Waals surface area contributed by atoms with Crippen LogP contribution in [0.15, 0.2) is 9.42 Å². The second-order valence-electron chi connectivity index (χ2n) is 7.08. The molecule has 1 saturated heterocycles. The second kappa shape index (κ2) is 7.05. The van der Waals surface area contributed by atoms with Crippen LogP contribution >= 0.6 is 0 Å². The van der Waals surface area contributed by atoms with Gasteiger partial charge in [-0.15, -0.1) is 0 Å². The van der Waals surface area contributed by atoms with E-state index in [-0.39, 0.29) is 22.8 Å². The van der Waals surface area contributed by atoms with Crippen molar-refractivity contribution < 1.29 is 17.7 Å². The predicted molar refractivity (Wildman–Crippen MR) is 91.2 cm³/mol. The van der Waals surface area contributed by atoms with Gasteiger partial charge >= 0.3 is 0 Å². The van der Waals surface area contributed by atoms with Gasteiger partial charge in [-0.2, -0.15) is 4.31 Å². The van der Waals surface area contributed by atoms with Gasteiger partial charge < -0.3 is 15.6 Å². The van der Waals surface area contributed by atoms with E-state index in [0.717, 1.165) is 12.8 Å². The molecule has 2 fully saturated rings. The third kappa shape index (κ3) is 3.88. The zero-order valence-electron chi connectivity index (χ0n) is 14.7. The van der Waals surface area contributed by atoms with Crippen LogP contribution in [0, 0.1) is 25.7 Å². The maximum atomic E-state index is 12.8. The van der Waals surface area contributed by atoms with E-state index in [4.69, 9.17) is 10.3 Å². The first kappa shape index (κ1) is 18.3. The summed E-state index contributed by atoms with van der Waals surface area (Å²) in [6.45, 7) is 4.35. The molecule has 2 heterocycles. The van der Waals surface area contributed by atoms with Crippen molar-refractivity contribution >= 4 is 15.9 Å².